The first-order valence-corrected chi connectivity index (χ1v) is 13.4. The van der Waals surface area contributed by atoms with Gasteiger partial charge in [0.2, 0.25) is 0 Å². The zero-order chi connectivity index (χ0) is 23.4. The molecule has 2 saturated heterocycles. The van der Waals surface area contributed by atoms with E-state index in [9.17, 15) is 0 Å². The Hall–Kier alpha value is -1.01. The molecule has 0 aromatic heterocycles. The van der Waals surface area contributed by atoms with Gasteiger partial charge in [-0.3, -0.25) is 4.90 Å². The van der Waals surface area contributed by atoms with Crippen LogP contribution in [-0.4, -0.2) is 76.1 Å². The molecule has 5 nitrogen and oxygen atoms in total. The fraction of sp³-hybridized carbons (Fsp3) is 0.786. The molecular formula is C28H48ClN3O2. The third-order valence-electron chi connectivity index (χ3n) is 8.04. The van der Waals surface area contributed by atoms with E-state index in [1.54, 1.807) is 5.56 Å². The molecular weight excluding hydrogens is 446 g/mol. The third-order valence-corrected chi connectivity index (χ3v) is 8.04. The normalized spacial score (nSPS) is 26.4. The predicted octanol–water partition coefficient (Wildman–Crippen LogP) is 5.56. The quantitative estimate of drug-likeness (QED) is 0.463. The van der Waals surface area contributed by atoms with Crippen molar-refractivity contribution in [2.24, 2.45) is 5.41 Å². The van der Waals surface area contributed by atoms with E-state index >= 15 is 0 Å². The summed E-state index contributed by atoms with van der Waals surface area (Å²) < 4.78 is 11.6. The summed E-state index contributed by atoms with van der Waals surface area (Å²) in [7, 11) is 0. The molecule has 1 saturated carbocycles. The fourth-order valence-electron chi connectivity index (χ4n) is 6.00. The number of hydrogen-bond donors (Lipinski definition) is 0. The van der Waals surface area contributed by atoms with Gasteiger partial charge in [-0.2, -0.15) is 0 Å². The molecule has 1 aliphatic carbocycles. The summed E-state index contributed by atoms with van der Waals surface area (Å²) >= 11 is 0. The van der Waals surface area contributed by atoms with Crippen molar-refractivity contribution in [1.29, 1.82) is 0 Å². The van der Waals surface area contributed by atoms with Crippen molar-refractivity contribution in [3.8, 4) is 0 Å². The van der Waals surface area contributed by atoms with Crippen molar-refractivity contribution in [1.82, 2.24) is 4.90 Å². The van der Waals surface area contributed by atoms with E-state index in [0.717, 1.165) is 59.0 Å². The second kappa shape index (κ2) is 12.3. The number of nitrogens with zero attached hydrogens (tertiary/aromatic N) is 3. The zero-order valence-corrected chi connectivity index (χ0v) is 23.0. The topological polar surface area (TPSA) is 28.2 Å². The molecule has 0 unspecified atom stereocenters. The lowest BCUT2D eigenvalue weighted by Gasteiger charge is -2.41. The van der Waals surface area contributed by atoms with Crippen LogP contribution >= 0.6 is 12.4 Å². The molecule has 3 aliphatic rings. The Kier molecular flexibility index (Phi) is 9.97. The molecule has 0 N–H and O–H groups in total. The van der Waals surface area contributed by atoms with Crippen LogP contribution in [0.1, 0.15) is 71.8 Å². The standard InChI is InChI=1S/C28H47N3O2.ClH/c1-6-32-18-17-29-13-15-30(16-14-29)27-8-7-25(31-20-22(2)33-23(3)21-31)19-26(27)24-9-11-28(4,5)12-10-24;/h7-8,19,22-24H,6,9-18,20-21H2,1-5H3;1H/t22-,23+;. The van der Waals surface area contributed by atoms with E-state index in [1.165, 1.54) is 37.1 Å². The summed E-state index contributed by atoms with van der Waals surface area (Å²) in [6.07, 6.45) is 5.87. The van der Waals surface area contributed by atoms with Crippen molar-refractivity contribution >= 4 is 23.8 Å². The molecule has 2 heterocycles. The molecule has 34 heavy (non-hydrogen) atoms. The van der Waals surface area contributed by atoms with Crippen molar-refractivity contribution in [2.75, 3.05) is 68.8 Å². The van der Waals surface area contributed by atoms with Crippen molar-refractivity contribution in [3.63, 3.8) is 0 Å². The van der Waals surface area contributed by atoms with E-state index in [4.69, 9.17) is 9.47 Å². The van der Waals surface area contributed by atoms with E-state index in [-0.39, 0.29) is 24.6 Å². The first-order valence-electron chi connectivity index (χ1n) is 13.4. The summed E-state index contributed by atoms with van der Waals surface area (Å²) in [5, 5.41) is 0. The van der Waals surface area contributed by atoms with E-state index < -0.39 is 0 Å². The molecule has 2 atom stereocenters. The smallest absolute Gasteiger partial charge is 0.0726 e. The highest BCUT2D eigenvalue weighted by atomic mass is 35.5. The Bertz CT molecular complexity index is 746. The van der Waals surface area contributed by atoms with Crippen molar-refractivity contribution in [2.45, 2.75) is 78.4 Å². The Morgan fingerprint density at radius 2 is 1.62 bits per heavy atom. The number of hydrogen-bond acceptors (Lipinski definition) is 5. The highest BCUT2D eigenvalue weighted by Gasteiger charge is 2.31. The van der Waals surface area contributed by atoms with Gasteiger partial charge in [0, 0.05) is 63.8 Å². The number of benzene rings is 1. The SMILES string of the molecule is CCOCCN1CCN(c2ccc(N3C[C@@H](C)O[C@@H](C)C3)cc2C2CCC(C)(C)CC2)CC1.Cl. The molecule has 0 amide bonds. The summed E-state index contributed by atoms with van der Waals surface area (Å²) in [5.74, 6) is 0.680. The second-order valence-corrected chi connectivity index (χ2v) is 11.4. The monoisotopic (exact) mass is 493 g/mol. The summed E-state index contributed by atoms with van der Waals surface area (Å²) in [6.45, 7) is 20.5. The van der Waals surface area contributed by atoms with Gasteiger partial charge in [-0.15, -0.1) is 12.4 Å². The first-order chi connectivity index (χ1) is 15.8. The van der Waals surface area contributed by atoms with Crippen LogP contribution in [0.5, 0.6) is 0 Å². The van der Waals surface area contributed by atoms with Gasteiger partial charge in [-0.25, -0.2) is 0 Å². The average Bonchev–Trinajstić information content (AvgIpc) is 2.79. The van der Waals surface area contributed by atoms with Gasteiger partial charge in [-0.1, -0.05) is 13.8 Å². The van der Waals surface area contributed by atoms with Crippen LogP contribution in [0.2, 0.25) is 0 Å². The number of anilines is 2. The third kappa shape index (κ3) is 7.02. The molecule has 0 spiro atoms. The number of rotatable bonds is 7. The summed E-state index contributed by atoms with van der Waals surface area (Å²) in [4.78, 5) is 7.75. The van der Waals surface area contributed by atoms with Gasteiger partial charge >= 0.3 is 0 Å². The number of ether oxygens (including phenoxy) is 2. The highest BCUT2D eigenvalue weighted by molar-refractivity contribution is 5.85. The van der Waals surface area contributed by atoms with Crippen LogP contribution < -0.4 is 9.80 Å². The zero-order valence-electron chi connectivity index (χ0n) is 22.2. The van der Waals surface area contributed by atoms with E-state index in [2.05, 4.69) is 67.5 Å². The minimum absolute atomic E-state index is 0. The molecule has 4 rings (SSSR count). The lowest BCUT2D eigenvalue weighted by Crippen LogP contribution is -2.48. The second-order valence-electron chi connectivity index (χ2n) is 11.4. The maximum atomic E-state index is 6.01. The van der Waals surface area contributed by atoms with Crippen LogP contribution in [0.25, 0.3) is 0 Å². The van der Waals surface area contributed by atoms with E-state index in [1.807, 2.05) is 0 Å². The predicted molar refractivity (Wildman–Crippen MR) is 146 cm³/mol. The number of halogens is 1. The molecule has 2 aliphatic heterocycles. The van der Waals surface area contributed by atoms with Crippen LogP contribution in [0.15, 0.2) is 18.2 Å². The van der Waals surface area contributed by atoms with Crippen LogP contribution in [0.3, 0.4) is 0 Å². The Labute approximate surface area is 214 Å². The molecule has 3 fully saturated rings. The van der Waals surface area contributed by atoms with Crippen LogP contribution in [0.4, 0.5) is 11.4 Å². The Morgan fingerprint density at radius 1 is 0.971 bits per heavy atom. The lowest BCUT2D eigenvalue weighted by atomic mass is 9.71. The minimum atomic E-state index is 0. The number of piperazine rings is 1. The van der Waals surface area contributed by atoms with Crippen LogP contribution in [0, 0.1) is 5.41 Å². The Morgan fingerprint density at radius 3 is 2.24 bits per heavy atom. The molecule has 1 aromatic rings. The van der Waals surface area contributed by atoms with Gasteiger partial charge in [0.05, 0.1) is 18.8 Å². The lowest BCUT2D eigenvalue weighted by molar-refractivity contribution is -0.00522. The van der Waals surface area contributed by atoms with Crippen molar-refractivity contribution < 1.29 is 9.47 Å². The molecule has 0 bridgehead atoms. The average molecular weight is 494 g/mol. The maximum Gasteiger partial charge on any atom is 0.0726 e. The van der Waals surface area contributed by atoms with Gasteiger partial charge in [0.25, 0.3) is 0 Å². The fourth-order valence-corrected chi connectivity index (χ4v) is 6.00. The molecule has 6 heteroatoms. The molecule has 0 radical (unpaired) electrons. The molecule has 194 valence electrons. The van der Waals surface area contributed by atoms with Gasteiger partial charge in [0.15, 0.2) is 0 Å². The van der Waals surface area contributed by atoms with Gasteiger partial charge in [-0.05, 0) is 81.5 Å². The highest BCUT2D eigenvalue weighted by Crippen LogP contribution is 2.45. The van der Waals surface area contributed by atoms with Gasteiger partial charge in [0.1, 0.15) is 0 Å². The first kappa shape index (κ1) is 27.6. The number of morpholine rings is 1. The van der Waals surface area contributed by atoms with Gasteiger partial charge < -0.3 is 19.3 Å². The van der Waals surface area contributed by atoms with E-state index in [0.29, 0.717) is 11.3 Å². The maximum absolute atomic E-state index is 6.01. The largest absolute Gasteiger partial charge is 0.380 e. The summed E-state index contributed by atoms with van der Waals surface area (Å²) in [6, 6.07) is 7.35. The van der Waals surface area contributed by atoms with Crippen molar-refractivity contribution in [3.05, 3.63) is 23.8 Å². The van der Waals surface area contributed by atoms with Crippen LogP contribution in [-0.2, 0) is 9.47 Å². The summed E-state index contributed by atoms with van der Waals surface area (Å²) in [5.41, 5.74) is 4.96. The Balaban J connectivity index is 0.00000324. The minimum Gasteiger partial charge on any atom is -0.380 e. The molecule has 1 aromatic carbocycles.